The summed E-state index contributed by atoms with van der Waals surface area (Å²) in [5, 5.41) is 2.85. The van der Waals surface area contributed by atoms with Crippen LogP contribution in [0.2, 0.25) is 0 Å². The number of hydrogen-bond acceptors (Lipinski definition) is 2. The number of carbonyl (C=O) groups excluding carboxylic acids is 1. The maximum atomic E-state index is 12.0. The molecule has 0 spiro atoms. The highest BCUT2D eigenvalue weighted by molar-refractivity contribution is 14.1. The molecule has 1 aromatic heterocycles. The second kappa shape index (κ2) is 6.21. The topological polar surface area (TPSA) is 51.1 Å². The number of rotatable bonds is 3. The minimum Gasteiger partial charge on any atom is -0.340 e. The quantitative estimate of drug-likeness (QED) is 0.831. The molecule has 0 atom stereocenters. The van der Waals surface area contributed by atoms with Gasteiger partial charge in [-0.3, -0.25) is 9.59 Å². The number of carbonyl (C=O) groups is 1. The van der Waals surface area contributed by atoms with Gasteiger partial charge < -0.3 is 9.88 Å². The van der Waals surface area contributed by atoms with E-state index in [9.17, 15) is 9.59 Å². The minimum atomic E-state index is -0.110. The molecule has 5 heteroatoms. The first-order valence-corrected chi connectivity index (χ1v) is 7.27. The van der Waals surface area contributed by atoms with Crippen molar-refractivity contribution < 1.29 is 4.79 Å². The monoisotopic (exact) mass is 382 g/mol. The molecule has 4 nitrogen and oxygen atoms in total. The Morgan fingerprint density at radius 3 is 2.25 bits per heavy atom. The molecule has 1 heterocycles. The van der Waals surface area contributed by atoms with Gasteiger partial charge in [0, 0.05) is 32.8 Å². The zero-order valence-electron chi connectivity index (χ0n) is 11.3. The predicted molar refractivity (Wildman–Crippen MR) is 88.0 cm³/mol. The van der Waals surface area contributed by atoms with E-state index in [1.807, 2.05) is 42.7 Å². The van der Waals surface area contributed by atoms with Crippen molar-refractivity contribution in [2.45, 2.75) is 20.4 Å². The van der Waals surface area contributed by atoms with Gasteiger partial charge in [-0.1, -0.05) is 0 Å². The maximum absolute atomic E-state index is 12.0. The third kappa shape index (κ3) is 3.69. The lowest BCUT2D eigenvalue weighted by molar-refractivity contribution is -0.116. The van der Waals surface area contributed by atoms with Gasteiger partial charge in [0.05, 0.1) is 0 Å². The zero-order chi connectivity index (χ0) is 14.7. The van der Waals surface area contributed by atoms with Crippen LogP contribution in [0.5, 0.6) is 0 Å². The third-order valence-electron chi connectivity index (χ3n) is 2.98. The summed E-state index contributed by atoms with van der Waals surface area (Å²) < 4.78 is 2.94. The van der Waals surface area contributed by atoms with Gasteiger partial charge in [-0.15, -0.1) is 0 Å². The van der Waals surface area contributed by atoms with Crippen molar-refractivity contribution in [1.82, 2.24) is 4.57 Å². The summed E-state index contributed by atoms with van der Waals surface area (Å²) in [6, 6.07) is 10.7. The van der Waals surface area contributed by atoms with E-state index in [1.165, 1.54) is 12.1 Å². The first-order valence-electron chi connectivity index (χ1n) is 6.19. The van der Waals surface area contributed by atoms with E-state index in [2.05, 4.69) is 27.9 Å². The molecule has 0 bridgehead atoms. The Balaban J connectivity index is 2.12. The van der Waals surface area contributed by atoms with Crippen molar-refractivity contribution in [2.75, 3.05) is 5.32 Å². The van der Waals surface area contributed by atoms with Crippen LogP contribution in [-0.4, -0.2) is 10.5 Å². The van der Waals surface area contributed by atoms with E-state index in [0.717, 1.165) is 20.6 Å². The molecular weight excluding hydrogens is 367 g/mol. The molecule has 0 aliphatic rings. The van der Waals surface area contributed by atoms with Crippen molar-refractivity contribution in [2.24, 2.45) is 0 Å². The van der Waals surface area contributed by atoms with E-state index >= 15 is 0 Å². The molecule has 2 rings (SSSR count). The molecule has 0 unspecified atom stereocenters. The Labute approximate surface area is 131 Å². The van der Waals surface area contributed by atoms with Crippen molar-refractivity contribution in [1.29, 1.82) is 0 Å². The Kier molecular flexibility index (Phi) is 4.59. The van der Waals surface area contributed by atoms with Gasteiger partial charge in [0.1, 0.15) is 6.54 Å². The van der Waals surface area contributed by atoms with Gasteiger partial charge in [-0.05, 0) is 60.7 Å². The SMILES string of the molecule is Cc1cc(=O)cc(C)n1CC(=O)Nc1ccc(I)cc1. The Morgan fingerprint density at radius 1 is 1.15 bits per heavy atom. The molecule has 1 amide bonds. The molecule has 0 saturated carbocycles. The number of hydrogen-bond donors (Lipinski definition) is 1. The summed E-state index contributed by atoms with van der Waals surface area (Å²) in [5.41, 5.74) is 2.31. The fourth-order valence-corrected chi connectivity index (χ4v) is 2.37. The van der Waals surface area contributed by atoms with E-state index in [4.69, 9.17) is 0 Å². The van der Waals surface area contributed by atoms with Crippen LogP contribution in [-0.2, 0) is 11.3 Å². The predicted octanol–water partition coefficient (Wildman–Crippen LogP) is 2.71. The number of amides is 1. The highest BCUT2D eigenvalue weighted by Gasteiger charge is 2.07. The fraction of sp³-hybridized carbons (Fsp3) is 0.200. The van der Waals surface area contributed by atoms with E-state index < -0.39 is 0 Å². The highest BCUT2D eigenvalue weighted by atomic mass is 127. The zero-order valence-corrected chi connectivity index (χ0v) is 13.5. The van der Waals surface area contributed by atoms with Crippen LogP contribution in [0.25, 0.3) is 0 Å². The third-order valence-corrected chi connectivity index (χ3v) is 3.70. The molecule has 1 aromatic carbocycles. The second-order valence-electron chi connectivity index (χ2n) is 4.62. The molecule has 0 fully saturated rings. The molecule has 2 aromatic rings. The summed E-state index contributed by atoms with van der Waals surface area (Å²) in [4.78, 5) is 23.4. The number of nitrogens with zero attached hydrogens (tertiary/aromatic N) is 1. The first-order chi connectivity index (χ1) is 9.45. The van der Waals surface area contributed by atoms with Gasteiger partial charge in [0.15, 0.2) is 5.43 Å². The van der Waals surface area contributed by atoms with Gasteiger partial charge in [-0.2, -0.15) is 0 Å². The summed E-state index contributed by atoms with van der Waals surface area (Å²) in [6.07, 6.45) is 0. The summed E-state index contributed by atoms with van der Waals surface area (Å²) in [6.45, 7) is 3.85. The lowest BCUT2D eigenvalue weighted by atomic mass is 10.3. The van der Waals surface area contributed by atoms with Crippen LogP contribution in [0, 0.1) is 17.4 Å². The van der Waals surface area contributed by atoms with E-state index in [0.29, 0.717) is 0 Å². The number of aryl methyl sites for hydroxylation is 2. The Hall–Kier alpha value is -1.63. The normalized spacial score (nSPS) is 10.3. The minimum absolute atomic E-state index is 0.0331. The van der Waals surface area contributed by atoms with Crippen LogP contribution in [0.3, 0.4) is 0 Å². The average Bonchev–Trinajstić information content (AvgIpc) is 2.36. The van der Waals surface area contributed by atoms with Crippen LogP contribution in [0.15, 0.2) is 41.2 Å². The van der Waals surface area contributed by atoms with Gasteiger partial charge in [0.2, 0.25) is 5.91 Å². The summed E-state index contributed by atoms with van der Waals surface area (Å²) in [5.74, 6) is -0.110. The van der Waals surface area contributed by atoms with E-state index in [1.54, 1.807) is 0 Å². The van der Waals surface area contributed by atoms with Crippen LogP contribution in [0.4, 0.5) is 5.69 Å². The molecule has 0 aliphatic carbocycles. The molecule has 1 N–H and O–H groups in total. The van der Waals surface area contributed by atoms with Gasteiger partial charge in [0.25, 0.3) is 0 Å². The van der Waals surface area contributed by atoms with Crippen molar-refractivity contribution in [3.63, 3.8) is 0 Å². The Morgan fingerprint density at radius 2 is 1.70 bits per heavy atom. The Bertz CT molecular complexity index is 664. The fourth-order valence-electron chi connectivity index (χ4n) is 2.01. The van der Waals surface area contributed by atoms with Crippen LogP contribution >= 0.6 is 22.6 Å². The van der Waals surface area contributed by atoms with E-state index in [-0.39, 0.29) is 17.9 Å². The number of halogens is 1. The molecule has 0 saturated heterocycles. The molecule has 104 valence electrons. The van der Waals surface area contributed by atoms with Crippen molar-refractivity contribution in [3.8, 4) is 0 Å². The molecule has 0 radical (unpaired) electrons. The highest BCUT2D eigenvalue weighted by Crippen LogP contribution is 2.11. The second-order valence-corrected chi connectivity index (χ2v) is 5.86. The molecule has 0 aliphatic heterocycles. The summed E-state index contributed by atoms with van der Waals surface area (Å²) in [7, 11) is 0. The number of aromatic nitrogens is 1. The number of nitrogens with one attached hydrogen (secondary N) is 1. The number of anilines is 1. The summed E-state index contributed by atoms with van der Waals surface area (Å²) >= 11 is 2.21. The van der Waals surface area contributed by atoms with Crippen LogP contribution < -0.4 is 10.7 Å². The largest absolute Gasteiger partial charge is 0.340 e. The first kappa shape index (κ1) is 14.8. The number of pyridine rings is 1. The van der Waals surface area contributed by atoms with Gasteiger partial charge >= 0.3 is 0 Å². The van der Waals surface area contributed by atoms with Crippen molar-refractivity contribution in [3.05, 3.63) is 61.6 Å². The average molecular weight is 382 g/mol. The number of benzene rings is 1. The van der Waals surface area contributed by atoms with Crippen LogP contribution in [0.1, 0.15) is 11.4 Å². The molecule has 20 heavy (non-hydrogen) atoms. The maximum Gasteiger partial charge on any atom is 0.244 e. The standard InChI is InChI=1S/C15H15IN2O2/c1-10-7-14(19)8-11(2)18(10)9-15(20)17-13-5-3-12(16)4-6-13/h3-8H,9H2,1-2H3,(H,17,20). The lowest BCUT2D eigenvalue weighted by Gasteiger charge is -2.14. The van der Waals surface area contributed by atoms with Gasteiger partial charge in [-0.25, -0.2) is 0 Å². The molecular formula is C15H15IN2O2. The van der Waals surface area contributed by atoms with Crippen molar-refractivity contribution >= 4 is 34.2 Å². The smallest absolute Gasteiger partial charge is 0.244 e. The lowest BCUT2D eigenvalue weighted by Crippen LogP contribution is -2.23.